The minimum atomic E-state index is -0.596. The summed E-state index contributed by atoms with van der Waals surface area (Å²) in [5.74, 6) is 1.23. The van der Waals surface area contributed by atoms with Crippen LogP contribution in [0.25, 0.3) is 0 Å². The summed E-state index contributed by atoms with van der Waals surface area (Å²) in [6.07, 6.45) is 3.56. The molecule has 0 amide bonds. The lowest BCUT2D eigenvalue weighted by Crippen LogP contribution is -2.08. The van der Waals surface area contributed by atoms with Crippen LogP contribution in [-0.4, -0.2) is 6.16 Å². The van der Waals surface area contributed by atoms with Crippen LogP contribution in [0.5, 0.6) is 0 Å². The molecular formula is C15H16O3. The van der Waals surface area contributed by atoms with E-state index in [9.17, 15) is 4.79 Å². The molecule has 1 aromatic carbocycles. The van der Waals surface area contributed by atoms with Gasteiger partial charge in [0.2, 0.25) is 0 Å². The van der Waals surface area contributed by atoms with Crippen LogP contribution >= 0.6 is 0 Å². The molecule has 0 aromatic heterocycles. The Morgan fingerprint density at radius 1 is 1.39 bits per heavy atom. The van der Waals surface area contributed by atoms with Crippen molar-refractivity contribution in [2.45, 2.75) is 26.4 Å². The Bertz CT molecular complexity index is 492. The zero-order chi connectivity index (χ0) is 12.6. The smallest absolute Gasteiger partial charge is 0.429 e. The minimum absolute atomic E-state index is 0.259. The lowest BCUT2D eigenvalue weighted by molar-refractivity contribution is 0.0680. The number of benzene rings is 1. The molecule has 3 rings (SSSR count). The maximum atomic E-state index is 11.6. The van der Waals surface area contributed by atoms with Crippen molar-refractivity contribution in [1.82, 2.24) is 0 Å². The molecule has 0 unspecified atom stereocenters. The summed E-state index contributed by atoms with van der Waals surface area (Å²) in [5.41, 5.74) is 1.32. The molecule has 0 saturated heterocycles. The maximum Gasteiger partial charge on any atom is 0.513 e. The first-order valence-electron chi connectivity index (χ1n) is 6.26. The van der Waals surface area contributed by atoms with E-state index in [0.717, 1.165) is 24.2 Å². The highest BCUT2D eigenvalue weighted by molar-refractivity contribution is 5.62. The van der Waals surface area contributed by atoms with Gasteiger partial charge in [-0.15, -0.1) is 0 Å². The van der Waals surface area contributed by atoms with Gasteiger partial charge in [0.15, 0.2) is 0 Å². The lowest BCUT2D eigenvalue weighted by atomic mass is 10.1. The fourth-order valence-electron chi connectivity index (χ4n) is 2.51. The number of hydrogen-bond acceptors (Lipinski definition) is 3. The highest BCUT2D eigenvalue weighted by Crippen LogP contribution is 2.63. The van der Waals surface area contributed by atoms with Crippen LogP contribution in [0.2, 0.25) is 0 Å². The molecule has 1 aromatic rings. The van der Waals surface area contributed by atoms with Crippen LogP contribution in [0, 0.1) is 11.3 Å². The first kappa shape index (κ1) is 11.3. The summed E-state index contributed by atoms with van der Waals surface area (Å²) in [5, 5.41) is 0. The zero-order valence-corrected chi connectivity index (χ0v) is 10.4. The third-order valence-corrected chi connectivity index (χ3v) is 3.87. The summed E-state index contributed by atoms with van der Waals surface area (Å²) in [6, 6.07) is 9.59. The molecular weight excluding hydrogens is 228 g/mol. The second kappa shape index (κ2) is 4.16. The van der Waals surface area contributed by atoms with Crippen molar-refractivity contribution < 1.29 is 14.3 Å². The van der Waals surface area contributed by atoms with E-state index in [1.54, 1.807) is 0 Å². The van der Waals surface area contributed by atoms with Gasteiger partial charge in [-0.3, -0.25) is 0 Å². The number of carbonyl (C=O) groups is 1. The first-order valence-corrected chi connectivity index (χ1v) is 6.26. The molecule has 2 aliphatic carbocycles. The van der Waals surface area contributed by atoms with Gasteiger partial charge in [0.25, 0.3) is 0 Å². The van der Waals surface area contributed by atoms with Crippen LogP contribution in [0.3, 0.4) is 0 Å². The highest BCUT2D eigenvalue weighted by Gasteiger charge is 2.56. The summed E-state index contributed by atoms with van der Waals surface area (Å²) in [6.45, 7) is 2.48. The fraction of sp³-hybridized carbons (Fsp3) is 0.400. The molecule has 1 fully saturated rings. The van der Waals surface area contributed by atoms with Crippen molar-refractivity contribution in [2.24, 2.45) is 11.3 Å². The van der Waals surface area contributed by atoms with Crippen LogP contribution in [0.4, 0.5) is 4.79 Å². The van der Waals surface area contributed by atoms with E-state index >= 15 is 0 Å². The molecule has 1 saturated carbocycles. The molecule has 0 N–H and O–H groups in total. The highest BCUT2D eigenvalue weighted by atomic mass is 16.7. The lowest BCUT2D eigenvalue weighted by Gasteiger charge is -2.07. The van der Waals surface area contributed by atoms with Crippen molar-refractivity contribution in [3.05, 3.63) is 47.7 Å². The van der Waals surface area contributed by atoms with E-state index in [2.05, 4.69) is 6.92 Å². The van der Waals surface area contributed by atoms with Crippen molar-refractivity contribution in [1.29, 1.82) is 0 Å². The van der Waals surface area contributed by atoms with Crippen molar-refractivity contribution in [3.8, 4) is 0 Å². The van der Waals surface area contributed by atoms with Crippen LogP contribution in [0.1, 0.15) is 25.3 Å². The second-order valence-electron chi connectivity index (χ2n) is 5.35. The van der Waals surface area contributed by atoms with Gasteiger partial charge in [-0.25, -0.2) is 4.79 Å². The topological polar surface area (TPSA) is 35.5 Å². The third kappa shape index (κ3) is 2.13. The molecule has 0 heterocycles. The Morgan fingerprint density at radius 3 is 2.78 bits per heavy atom. The van der Waals surface area contributed by atoms with Crippen LogP contribution in [0.15, 0.2) is 42.2 Å². The van der Waals surface area contributed by atoms with Gasteiger partial charge in [0.05, 0.1) is 0 Å². The quantitative estimate of drug-likeness (QED) is 0.761. The van der Waals surface area contributed by atoms with Gasteiger partial charge in [-0.05, 0) is 29.9 Å². The van der Waals surface area contributed by atoms with Gasteiger partial charge in [0, 0.05) is 5.92 Å². The standard InChI is InChI=1S/C15H16O3/c1-15-8-7-13(12(15)9-15)18-14(16)17-10-11-5-3-2-4-6-11/h2-7,12H,8-10H2,1H3/t12-,15+/m1/s1. The monoisotopic (exact) mass is 244 g/mol. The Labute approximate surface area is 106 Å². The predicted molar refractivity (Wildman–Crippen MR) is 66.6 cm³/mol. The van der Waals surface area contributed by atoms with Crippen molar-refractivity contribution in [2.75, 3.05) is 0 Å². The van der Waals surface area contributed by atoms with Gasteiger partial charge in [-0.1, -0.05) is 37.3 Å². The third-order valence-electron chi connectivity index (χ3n) is 3.87. The van der Waals surface area contributed by atoms with Gasteiger partial charge < -0.3 is 9.47 Å². The molecule has 94 valence electrons. The molecule has 0 aliphatic heterocycles. The van der Waals surface area contributed by atoms with Crippen LogP contribution in [-0.2, 0) is 16.1 Å². The average molecular weight is 244 g/mol. The number of allylic oxidation sites excluding steroid dienone is 2. The van der Waals surface area contributed by atoms with E-state index in [1.807, 2.05) is 36.4 Å². The number of ether oxygens (including phenoxy) is 2. The second-order valence-corrected chi connectivity index (χ2v) is 5.35. The summed E-state index contributed by atoms with van der Waals surface area (Å²) in [4.78, 5) is 11.6. The number of rotatable bonds is 3. The Hall–Kier alpha value is -1.77. The summed E-state index contributed by atoms with van der Waals surface area (Å²) < 4.78 is 10.3. The Morgan fingerprint density at radius 2 is 2.17 bits per heavy atom. The fourth-order valence-corrected chi connectivity index (χ4v) is 2.51. The molecule has 0 spiro atoms. The Kier molecular flexibility index (Phi) is 2.62. The predicted octanol–water partition coefficient (Wildman–Crippen LogP) is 3.65. The zero-order valence-electron chi connectivity index (χ0n) is 10.4. The van der Waals surface area contributed by atoms with E-state index < -0.39 is 6.16 Å². The average Bonchev–Trinajstić information content (AvgIpc) is 2.97. The summed E-state index contributed by atoms with van der Waals surface area (Å²) >= 11 is 0. The normalized spacial score (nSPS) is 28.3. The molecule has 3 heteroatoms. The molecule has 2 atom stereocenters. The molecule has 0 bridgehead atoms. The van der Waals surface area contributed by atoms with Crippen molar-refractivity contribution >= 4 is 6.16 Å². The van der Waals surface area contributed by atoms with E-state index in [0.29, 0.717) is 11.3 Å². The SMILES string of the molecule is C[C@@]12CC=C(OC(=O)OCc3ccccc3)[C@H]1C2. The number of hydrogen-bond donors (Lipinski definition) is 0. The number of carbonyl (C=O) groups excluding carboxylic acids is 1. The first-order chi connectivity index (χ1) is 8.67. The molecule has 3 nitrogen and oxygen atoms in total. The van der Waals surface area contributed by atoms with E-state index in [1.165, 1.54) is 0 Å². The van der Waals surface area contributed by atoms with Gasteiger partial charge in [-0.2, -0.15) is 0 Å². The van der Waals surface area contributed by atoms with E-state index in [4.69, 9.17) is 9.47 Å². The molecule has 2 aliphatic rings. The largest absolute Gasteiger partial charge is 0.513 e. The van der Waals surface area contributed by atoms with E-state index in [-0.39, 0.29) is 6.61 Å². The Balaban J connectivity index is 1.48. The molecule has 18 heavy (non-hydrogen) atoms. The number of fused-ring (bicyclic) bond motifs is 1. The van der Waals surface area contributed by atoms with Gasteiger partial charge >= 0.3 is 6.16 Å². The minimum Gasteiger partial charge on any atom is -0.429 e. The maximum absolute atomic E-state index is 11.6. The summed E-state index contributed by atoms with van der Waals surface area (Å²) in [7, 11) is 0. The van der Waals surface area contributed by atoms with Crippen LogP contribution < -0.4 is 0 Å². The van der Waals surface area contributed by atoms with Crippen molar-refractivity contribution in [3.63, 3.8) is 0 Å². The molecule has 0 radical (unpaired) electrons. The van der Waals surface area contributed by atoms with Gasteiger partial charge in [0.1, 0.15) is 12.4 Å².